The van der Waals surface area contributed by atoms with E-state index in [-0.39, 0.29) is 18.5 Å². The highest BCUT2D eigenvalue weighted by atomic mass is 16.2. The molecule has 1 unspecified atom stereocenters. The van der Waals surface area contributed by atoms with Gasteiger partial charge >= 0.3 is 0 Å². The summed E-state index contributed by atoms with van der Waals surface area (Å²) >= 11 is 0. The number of nitrogens with zero attached hydrogens (tertiary/aromatic N) is 5. The molecule has 0 radical (unpaired) electrons. The lowest BCUT2D eigenvalue weighted by atomic mass is 9.96. The molecule has 0 bridgehead atoms. The van der Waals surface area contributed by atoms with Crippen molar-refractivity contribution in [2.24, 2.45) is 0 Å². The minimum atomic E-state index is -0.0154. The van der Waals surface area contributed by atoms with Crippen molar-refractivity contribution in [1.29, 1.82) is 0 Å². The van der Waals surface area contributed by atoms with E-state index in [0.29, 0.717) is 5.82 Å². The molecule has 26 heavy (non-hydrogen) atoms. The van der Waals surface area contributed by atoms with Crippen molar-refractivity contribution in [3.05, 3.63) is 59.7 Å². The van der Waals surface area contributed by atoms with Crippen LogP contribution in [-0.4, -0.2) is 32.2 Å². The van der Waals surface area contributed by atoms with E-state index in [1.165, 1.54) is 10.4 Å². The minimum Gasteiger partial charge on any atom is -0.308 e. The number of carbonyl (C=O) groups excluding carboxylic acids is 1. The normalized spacial score (nSPS) is 16.4. The Kier molecular flexibility index (Phi) is 4.24. The van der Waals surface area contributed by atoms with Gasteiger partial charge in [0, 0.05) is 17.3 Å². The van der Waals surface area contributed by atoms with Crippen molar-refractivity contribution < 1.29 is 4.79 Å². The molecule has 1 aliphatic heterocycles. The first kappa shape index (κ1) is 16.4. The summed E-state index contributed by atoms with van der Waals surface area (Å²) in [5, 5.41) is 12.6. The fourth-order valence-electron chi connectivity index (χ4n) is 3.51. The van der Waals surface area contributed by atoms with Gasteiger partial charge in [-0.05, 0) is 49.1 Å². The maximum absolute atomic E-state index is 13.0. The van der Waals surface area contributed by atoms with Gasteiger partial charge in [0.05, 0.1) is 0 Å². The number of aromatic nitrogens is 4. The summed E-state index contributed by atoms with van der Waals surface area (Å²) in [5.74, 6) is 0.529. The zero-order valence-corrected chi connectivity index (χ0v) is 15.0. The predicted octanol–water partition coefficient (Wildman–Crippen LogP) is 3.02. The maximum atomic E-state index is 13.0. The molecule has 0 fully saturated rings. The molecule has 1 amide bonds. The second kappa shape index (κ2) is 6.71. The van der Waals surface area contributed by atoms with Crippen molar-refractivity contribution in [3.8, 4) is 11.4 Å². The third-order valence-corrected chi connectivity index (χ3v) is 4.91. The first-order valence-corrected chi connectivity index (χ1v) is 8.87. The summed E-state index contributed by atoms with van der Waals surface area (Å²) in [6.07, 6.45) is 1.96. The van der Waals surface area contributed by atoms with Gasteiger partial charge in [0.1, 0.15) is 6.54 Å². The van der Waals surface area contributed by atoms with Gasteiger partial charge < -0.3 is 4.90 Å². The number of benzene rings is 2. The molecule has 6 nitrogen and oxygen atoms in total. The van der Waals surface area contributed by atoms with Gasteiger partial charge in [0.25, 0.3) is 5.91 Å². The van der Waals surface area contributed by atoms with Gasteiger partial charge in [0.15, 0.2) is 0 Å². The average molecular weight is 347 g/mol. The van der Waals surface area contributed by atoms with Crippen molar-refractivity contribution >= 4 is 11.6 Å². The Morgan fingerprint density at radius 2 is 1.92 bits per heavy atom. The van der Waals surface area contributed by atoms with Crippen LogP contribution in [0.5, 0.6) is 0 Å². The lowest BCUT2D eigenvalue weighted by Gasteiger charge is -2.35. The summed E-state index contributed by atoms with van der Waals surface area (Å²) in [6, 6.07) is 16.1. The molecule has 2 heterocycles. The first-order valence-electron chi connectivity index (χ1n) is 8.87. The predicted molar refractivity (Wildman–Crippen MR) is 99.7 cm³/mol. The van der Waals surface area contributed by atoms with E-state index in [2.05, 4.69) is 28.4 Å². The molecule has 3 aromatic rings. The van der Waals surface area contributed by atoms with E-state index < -0.39 is 0 Å². The Balaban J connectivity index is 1.57. The average Bonchev–Trinajstić information content (AvgIpc) is 3.10. The number of rotatable bonds is 3. The summed E-state index contributed by atoms with van der Waals surface area (Å²) < 4.78 is 0. The van der Waals surface area contributed by atoms with Crippen molar-refractivity contribution in [2.45, 2.75) is 39.3 Å². The number of hydrogen-bond acceptors (Lipinski definition) is 4. The van der Waals surface area contributed by atoms with Crippen molar-refractivity contribution in [2.75, 3.05) is 4.90 Å². The minimum absolute atomic E-state index is 0.0154. The Morgan fingerprint density at radius 3 is 2.77 bits per heavy atom. The second-order valence-corrected chi connectivity index (χ2v) is 6.74. The Morgan fingerprint density at radius 1 is 1.15 bits per heavy atom. The topological polar surface area (TPSA) is 63.9 Å². The molecule has 0 saturated heterocycles. The van der Waals surface area contributed by atoms with Gasteiger partial charge in [-0.2, -0.15) is 4.80 Å². The van der Waals surface area contributed by atoms with Crippen LogP contribution in [0.2, 0.25) is 0 Å². The van der Waals surface area contributed by atoms with Crippen LogP contribution in [0.1, 0.15) is 24.5 Å². The number of amides is 1. The van der Waals surface area contributed by atoms with Crippen LogP contribution in [0.25, 0.3) is 11.4 Å². The molecule has 1 aromatic heterocycles. The number of carbonyl (C=O) groups is 1. The van der Waals surface area contributed by atoms with Crippen molar-refractivity contribution in [1.82, 2.24) is 20.2 Å². The van der Waals surface area contributed by atoms with Gasteiger partial charge in [-0.3, -0.25) is 4.79 Å². The van der Waals surface area contributed by atoms with E-state index >= 15 is 0 Å². The number of fused-ring (bicyclic) bond motifs is 1. The number of aryl methyl sites for hydroxylation is 2. The van der Waals surface area contributed by atoms with Crippen molar-refractivity contribution in [3.63, 3.8) is 0 Å². The number of anilines is 1. The van der Waals surface area contributed by atoms with Gasteiger partial charge in [-0.25, -0.2) is 0 Å². The lowest BCUT2D eigenvalue weighted by molar-refractivity contribution is -0.120. The maximum Gasteiger partial charge on any atom is 0.250 e. The van der Waals surface area contributed by atoms with Crippen LogP contribution in [-0.2, 0) is 17.8 Å². The molecule has 2 aromatic carbocycles. The van der Waals surface area contributed by atoms with Gasteiger partial charge in [0.2, 0.25) is 5.82 Å². The summed E-state index contributed by atoms with van der Waals surface area (Å²) in [5.41, 5.74) is 4.22. The molecule has 1 atom stereocenters. The standard InChI is InChI=1S/C20H21N5O/c1-14-7-3-5-9-17(14)20-21-23-24(22-20)13-19(26)25-15(2)11-12-16-8-4-6-10-18(16)25/h3-10,15H,11-13H2,1-2H3. The Labute approximate surface area is 152 Å². The number of para-hydroxylation sites is 1. The highest BCUT2D eigenvalue weighted by Gasteiger charge is 2.28. The van der Waals surface area contributed by atoms with Crippen LogP contribution in [0.3, 0.4) is 0 Å². The van der Waals surface area contributed by atoms with Crippen LogP contribution >= 0.6 is 0 Å². The molecule has 4 rings (SSSR count). The van der Waals surface area contributed by atoms with E-state index in [1.807, 2.05) is 54.3 Å². The molecule has 0 spiro atoms. The van der Waals surface area contributed by atoms with Crippen LogP contribution in [0.15, 0.2) is 48.5 Å². The number of tetrazole rings is 1. The Hall–Kier alpha value is -3.02. The summed E-state index contributed by atoms with van der Waals surface area (Å²) in [7, 11) is 0. The lowest BCUT2D eigenvalue weighted by Crippen LogP contribution is -2.44. The van der Waals surface area contributed by atoms with E-state index in [0.717, 1.165) is 29.7 Å². The molecular formula is C20H21N5O. The fourth-order valence-corrected chi connectivity index (χ4v) is 3.51. The van der Waals surface area contributed by atoms with Crippen LogP contribution in [0, 0.1) is 6.92 Å². The SMILES string of the molecule is Cc1ccccc1-c1nnn(CC(=O)N2c3ccccc3CCC2C)n1. The van der Waals surface area contributed by atoms with Crippen LogP contribution < -0.4 is 4.90 Å². The quantitative estimate of drug-likeness (QED) is 0.730. The summed E-state index contributed by atoms with van der Waals surface area (Å²) in [4.78, 5) is 16.2. The highest BCUT2D eigenvalue weighted by molar-refractivity contribution is 5.95. The van der Waals surface area contributed by atoms with E-state index in [9.17, 15) is 4.79 Å². The Bertz CT molecular complexity index is 949. The molecule has 132 valence electrons. The fraction of sp³-hybridized carbons (Fsp3) is 0.300. The molecule has 0 aliphatic carbocycles. The largest absolute Gasteiger partial charge is 0.308 e. The molecular weight excluding hydrogens is 326 g/mol. The van der Waals surface area contributed by atoms with Crippen LogP contribution in [0.4, 0.5) is 5.69 Å². The second-order valence-electron chi connectivity index (χ2n) is 6.74. The van der Waals surface area contributed by atoms with Gasteiger partial charge in [-0.15, -0.1) is 10.2 Å². The highest BCUT2D eigenvalue weighted by Crippen LogP contribution is 2.30. The van der Waals surface area contributed by atoms with E-state index in [1.54, 1.807) is 0 Å². The first-order chi connectivity index (χ1) is 12.6. The summed E-state index contributed by atoms with van der Waals surface area (Å²) in [6.45, 7) is 4.17. The molecule has 1 aliphatic rings. The number of hydrogen-bond donors (Lipinski definition) is 0. The van der Waals surface area contributed by atoms with Gasteiger partial charge in [-0.1, -0.05) is 42.5 Å². The molecule has 0 saturated carbocycles. The third-order valence-electron chi connectivity index (χ3n) is 4.91. The molecule has 6 heteroatoms. The van der Waals surface area contributed by atoms with E-state index in [4.69, 9.17) is 0 Å². The zero-order valence-electron chi connectivity index (χ0n) is 15.0. The third kappa shape index (κ3) is 2.98. The molecule has 0 N–H and O–H groups in total. The monoisotopic (exact) mass is 347 g/mol. The zero-order chi connectivity index (χ0) is 18.1. The smallest absolute Gasteiger partial charge is 0.250 e.